The van der Waals surface area contributed by atoms with Crippen molar-refractivity contribution in [1.29, 1.82) is 0 Å². The van der Waals surface area contributed by atoms with Crippen molar-refractivity contribution in [1.82, 2.24) is 25.6 Å². The number of halogens is 1. The maximum Gasteiger partial charge on any atom is 0.279 e. The first-order valence-electron chi connectivity index (χ1n) is 9.59. The second-order valence-electron chi connectivity index (χ2n) is 6.63. The first-order chi connectivity index (χ1) is 15.6. The summed E-state index contributed by atoms with van der Waals surface area (Å²) in [6.45, 7) is 0.413. The lowest BCUT2D eigenvalue weighted by Gasteiger charge is -2.11. The van der Waals surface area contributed by atoms with Gasteiger partial charge in [0.15, 0.2) is 11.0 Å². The summed E-state index contributed by atoms with van der Waals surface area (Å²) in [5.41, 5.74) is 6.08. The van der Waals surface area contributed by atoms with Gasteiger partial charge in [0.25, 0.3) is 5.91 Å². The molecule has 10 heteroatoms. The minimum atomic E-state index is -0.403. The van der Waals surface area contributed by atoms with E-state index in [-0.39, 0.29) is 11.7 Å². The highest BCUT2D eigenvalue weighted by molar-refractivity contribution is 7.99. The standard InChI is InChI=1S/C22H18FN5O2S2/c23-17-10-5-4-9-16(17)20-25-27-22(28(20)13-15-7-2-1-3-8-15)32-14-19(29)24-26-21(30)18-11-6-12-31-18/h1-12H,13-14H2,(H,24,29)(H,26,30). The minimum Gasteiger partial charge on any atom is -0.297 e. The number of hydrazine groups is 1. The number of aromatic nitrogens is 3. The maximum atomic E-state index is 14.4. The van der Waals surface area contributed by atoms with Crippen LogP contribution in [-0.2, 0) is 11.3 Å². The van der Waals surface area contributed by atoms with E-state index in [0.29, 0.717) is 28.0 Å². The fourth-order valence-corrected chi connectivity index (χ4v) is 4.26. The highest BCUT2D eigenvalue weighted by Gasteiger charge is 2.18. The summed E-state index contributed by atoms with van der Waals surface area (Å²) in [4.78, 5) is 24.7. The second-order valence-corrected chi connectivity index (χ2v) is 8.52. The van der Waals surface area contributed by atoms with E-state index in [0.717, 1.165) is 17.3 Å². The molecule has 2 aromatic heterocycles. The zero-order valence-corrected chi connectivity index (χ0v) is 18.3. The minimum absolute atomic E-state index is 0.00504. The van der Waals surface area contributed by atoms with Crippen molar-refractivity contribution in [3.05, 3.63) is 88.4 Å². The quantitative estimate of drug-likeness (QED) is 0.319. The normalized spacial score (nSPS) is 10.7. The molecule has 4 aromatic rings. The van der Waals surface area contributed by atoms with Gasteiger partial charge in [-0.05, 0) is 29.1 Å². The lowest BCUT2D eigenvalue weighted by Crippen LogP contribution is -2.42. The fourth-order valence-electron chi connectivity index (χ4n) is 2.91. The molecule has 4 rings (SSSR count). The van der Waals surface area contributed by atoms with Gasteiger partial charge in [0.1, 0.15) is 5.82 Å². The number of carbonyl (C=O) groups excluding carboxylic acids is 2. The van der Waals surface area contributed by atoms with Crippen molar-refractivity contribution in [3.8, 4) is 11.4 Å². The van der Waals surface area contributed by atoms with Gasteiger partial charge in [-0.3, -0.25) is 25.0 Å². The number of thioether (sulfide) groups is 1. The van der Waals surface area contributed by atoms with Crippen LogP contribution >= 0.6 is 23.1 Å². The van der Waals surface area contributed by atoms with E-state index < -0.39 is 11.7 Å². The SMILES string of the molecule is O=C(CSc1nnc(-c2ccccc2F)n1Cc1ccccc1)NNC(=O)c1cccs1. The molecule has 2 heterocycles. The van der Waals surface area contributed by atoms with Crippen molar-refractivity contribution < 1.29 is 14.0 Å². The smallest absolute Gasteiger partial charge is 0.279 e. The molecule has 0 saturated heterocycles. The van der Waals surface area contributed by atoms with Gasteiger partial charge in [0.05, 0.1) is 22.7 Å². The Morgan fingerprint density at radius 1 is 0.969 bits per heavy atom. The van der Waals surface area contributed by atoms with Gasteiger partial charge in [0, 0.05) is 0 Å². The van der Waals surface area contributed by atoms with Crippen LogP contribution in [0.1, 0.15) is 15.2 Å². The molecular weight excluding hydrogens is 449 g/mol. The lowest BCUT2D eigenvalue weighted by molar-refractivity contribution is -0.119. The van der Waals surface area contributed by atoms with E-state index >= 15 is 0 Å². The summed E-state index contributed by atoms with van der Waals surface area (Å²) in [5, 5.41) is 10.6. The van der Waals surface area contributed by atoms with Crippen LogP contribution in [0.4, 0.5) is 4.39 Å². The van der Waals surface area contributed by atoms with Crippen molar-refractivity contribution in [2.24, 2.45) is 0 Å². The molecule has 162 valence electrons. The number of nitrogens with one attached hydrogen (secondary N) is 2. The summed E-state index contributed by atoms with van der Waals surface area (Å²) in [7, 11) is 0. The van der Waals surface area contributed by atoms with Gasteiger partial charge in [-0.2, -0.15) is 0 Å². The molecule has 0 spiro atoms. The molecule has 7 nitrogen and oxygen atoms in total. The van der Waals surface area contributed by atoms with E-state index in [9.17, 15) is 14.0 Å². The Balaban J connectivity index is 1.48. The van der Waals surface area contributed by atoms with E-state index in [1.54, 1.807) is 40.3 Å². The zero-order valence-electron chi connectivity index (χ0n) is 16.7. The number of hydrogen-bond acceptors (Lipinski definition) is 6. The summed E-state index contributed by atoms with van der Waals surface area (Å²) in [5.74, 6) is -0.816. The van der Waals surface area contributed by atoms with Crippen LogP contribution in [0.15, 0.2) is 77.3 Å². The molecule has 0 fully saturated rings. The van der Waals surface area contributed by atoms with Crippen molar-refractivity contribution in [3.63, 3.8) is 0 Å². The van der Waals surface area contributed by atoms with Crippen molar-refractivity contribution in [2.45, 2.75) is 11.7 Å². The predicted molar refractivity (Wildman–Crippen MR) is 122 cm³/mol. The first kappa shape index (κ1) is 21.7. The number of hydrogen-bond donors (Lipinski definition) is 2. The molecular formula is C22H18FN5O2S2. The molecule has 32 heavy (non-hydrogen) atoms. The Bertz CT molecular complexity index is 1210. The van der Waals surface area contributed by atoms with E-state index in [1.807, 2.05) is 30.3 Å². The zero-order chi connectivity index (χ0) is 22.3. The molecule has 2 N–H and O–H groups in total. The Hall–Kier alpha value is -3.50. The first-order valence-corrected chi connectivity index (χ1v) is 11.5. The summed E-state index contributed by atoms with van der Waals surface area (Å²) < 4.78 is 16.2. The molecule has 0 atom stereocenters. The highest BCUT2D eigenvalue weighted by atomic mass is 32.2. The van der Waals surface area contributed by atoms with Crippen LogP contribution in [0.3, 0.4) is 0 Å². The van der Waals surface area contributed by atoms with Gasteiger partial charge in [-0.15, -0.1) is 21.5 Å². The highest BCUT2D eigenvalue weighted by Crippen LogP contribution is 2.26. The number of thiophene rings is 1. The summed E-state index contributed by atoms with van der Waals surface area (Å²) >= 11 is 2.43. The van der Waals surface area contributed by atoms with Gasteiger partial charge in [0.2, 0.25) is 5.91 Å². The van der Waals surface area contributed by atoms with E-state index in [1.165, 1.54) is 17.4 Å². The van der Waals surface area contributed by atoms with Crippen LogP contribution in [0.2, 0.25) is 0 Å². The molecule has 2 amide bonds. The van der Waals surface area contributed by atoms with E-state index in [2.05, 4.69) is 21.0 Å². The number of nitrogens with zero attached hydrogens (tertiary/aromatic N) is 3. The van der Waals surface area contributed by atoms with E-state index in [4.69, 9.17) is 0 Å². The summed E-state index contributed by atoms with van der Waals surface area (Å²) in [6, 6.07) is 19.4. The number of amides is 2. The predicted octanol–water partition coefficient (Wildman–Crippen LogP) is 3.75. The van der Waals surface area contributed by atoms with Crippen LogP contribution < -0.4 is 10.9 Å². The number of rotatable bonds is 7. The Morgan fingerprint density at radius 2 is 1.75 bits per heavy atom. The lowest BCUT2D eigenvalue weighted by atomic mass is 10.2. The number of benzene rings is 2. The monoisotopic (exact) mass is 467 g/mol. The van der Waals surface area contributed by atoms with Crippen LogP contribution in [0.5, 0.6) is 0 Å². The molecule has 2 aromatic carbocycles. The van der Waals surface area contributed by atoms with Crippen LogP contribution in [0.25, 0.3) is 11.4 Å². The fraction of sp³-hybridized carbons (Fsp3) is 0.0909. The third-order valence-corrected chi connectivity index (χ3v) is 6.24. The van der Waals surface area contributed by atoms with Gasteiger partial charge >= 0.3 is 0 Å². The molecule has 0 aliphatic rings. The Labute approximate surface area is 191 Å². The van der Waals surface area contributed by atoms with Crippen molar-refractivity contribution in [2.75, 3.05) is 5.75 Å². The molecule has 0 aliphatic heterocycles. The van der Waals surface area contributed by atoms with Crippen LogP contribution in [0, 0.1) is 5.82 Å². The average Bonchev–Trinajstić information content (AvgIpc) is 3.48. The largest absolute Gasteiger partial charge is 0.297 e. The third kappa shape index (κ3) is 5.21. The topological polar surface area (TPSA) is 88.9 Å². The van der Waals surface area contributed by atoms with Crippen LogP contribution in [-0.4, -0.2) is 32.3 Å². The molecule has 0 bridgehead atoms. The maximum absolute atomic E-state index is 14.4. The van der Waals surface area contributed by atoms with Crippen molar-refractivity contribution >= 4 is 34.9 Å². The molecule has 0 unspecified atom stereocenters. The molecule has 0 aliphatic carbocycles. The van der Waals surface area contributed by atoms with Gasteiger partial charge in [-0.25, -0.2) is 4.39 Å². The number of carbonyl (C=O) groups is 2. The van der Waals surface area contributed by atoms with Gasteiger partial charge in [-0.1, -0.05) is 60.3 Å². The Morgan fingerprint density at radius 3 is 2.50 bits per heavy atom. The average molecular weight is 468 g/mol. The third-order valence-electron chi connectivity index (χ3n) is 4.41. The summed E-state index contributed by atoms with van der Waals surface area (Å²) in [6.07, 6.45) is 0. The molecule has 0 saturated carbocycles. The second kappa shape index (κ2) is 10.2. The molecule has 0 radical (unpaired) electrons. The van der Waals surface area contributed by atoms with Gasteiger partial charge < -0.3 is 0 Å². The Kier molecular flexibility index (Phi) is 6.93.